The summed E-state index contributed by atoms with van der Waals surface area (Å²) in [7, 11) is 0. The molecule has 0 saturated carbocycles. The number of rotatable bonds is 1. The number of benzene rings is 1. The summed E-state index contributed by atoms with van der Waals surface area (Å²) in [5, 5.41) is 3.17. The average molecular weight is 342 g/mol. The Labute approximate surface area is 136 Å². The molecule has 0 bridgehead atoms. The van der Waals surface area contributed by atoms with Crippen molar-refractivity contribution >= 4 is 23.3 Å². The van der Waals surface area contributed by atoms with E-state index in [4.69, 9.17) is 5.73 Å². The van der Waals surface area contributed by atoms with E-state index in [1.807, 2.05) is 6.07 Å². The summed E-state index contributed by atoms with van der Waals surface area (Å²) in [5.41, 5.74) is 6.85. The first kappa shape index (κ1) is 16.4. The van der Waals surface area contributed by atoms with Gasteiger partial charge in [-0.2, -0.15) is 13.2 Å². The highest BCUT2D eigenvalue weighted by Crippen LogP contribution is 2.36. The number of nitrogens with one attached hydrogen (secondary N) is 1. The van der Waals surface area contributed by atoms with Crippen molar-refractivity contribution in [2.75, 3.05) is 29.9 Å². The van der Waals surface area contributed by atoms with Crippen LogP contribution in [-0.2, 0) is 4.79 Å². The third kappa shape index (κ3) is 2.85. The first-order chi connectivity index (χ1) is 11.3. The second-order valence-electron chi connectivity index (χ2n) is 5.97. The molecule has 2 unspecified atom stereocenters. The standard InChI is InChI=1S/C15H17F3N4O2/c16-15(17,18)13(23)21-6-5-9(8-21)12-7-20-10-3-1-2-4-11(10)22(12)14(19)24/h1-4,9,12,20H,5-8H2,(H2,19,24). The third-order valence-corrected chi connectivity index (χ3v) is 4.53. The highest BCUT2D eigenvalue weighted by molar-refractivity contribution is 5.96. The van der Waals surface area contributed by atoms with Crippen LogP contribution in [0.2, 0.25) is 0 Å². The Bertz CT molecular complexity index is 664. The maximum atomic E-state index is 12.6. The molecule has 1 fully saturated rings. The summed E-state index contributed by atoms with van der Waals surface area (Å²) in [6, 6.07) is 6.04. The number of nitrogens with zero attached hydrogens (tertiary/aromatic N) is 2. The number of carbonyl (C=O) groups is 2. The first-order valence-corrected chi connectivity index (χ1v) is 7.56. The van der Waals surface area contributed by atoms with Gasteiger partial charge in [0.1, 0.15) is 0 Å². The summed E-state index contributed by atoms with van der Waals surface area (Å²) in [6.45, 7) is 0.350. The number of hydrogen-bond acceptors (Lipinski definition) is 3. The van der Waals surface area contributed by atoms with Crippen molar-refractivity contribution in [1.29, 1.82) is 0 Å². The molecule has 130 valence electrons. The number of urea groups is 1. The molecule has 2 aliphatic rings. The molecule has 2 aliphatic heterocycles. The molecule has 1 saturated heterocycles. The van der Waals surface area contributed by atoms with Crippen molar-refractivity contribution < 1.29 is 22.8 Å². The lowest BCUT2D eigenvalue weighted by Crippen LogP contribution is -2.54. The number of halogens is 3. The molecule has 0 radical (unpaired) electrons. The topological polar surface area (TPSA) is 78.7 Å². The van der Waals surface area contributed by atoms with Crippen molar-refractivity contribution in [2.45, 2.75) is 18.6 Å². The lowest BCUT2D eigenvalue weighted by Gasteiger charge is -2.39. The van der Waals surface area contributed by atoms with Gasteiger partial charge in [0.25, 0.3) is 0 Å². The van der Waals surface area contributed by atoms with E-state index in [2.05, 4.69) is 5.32 Å². The van der Waals surface area contributed by atoms with Gasteiger partial charge in [-0.05, 0) is 18.6 Å². The molecule has 0 aromatic heterocycles. The van der Waals surface area contributed by atoms with Crippen LogP contribution in [0, 0.1) is 5.92 Å². The van der Waals surface area contributed by atoms with E-state index in [0.717, 1.165) is 10.6 Å². The van der Waals surface area contributed by atoms with Gasteiger partial charge in [0, 0.05) is 25.6 Å². The van der Waals surface area contributed by atoms with Gasteiger partial charge in [0.15, 0.2) is 0 Å². The highest BCUT2D eigenvalue weighted by Gasteiger charge is 2.47. The number of carbonyl (C=O) groups excluding carboxylic acids is 2. The van der Waals surface area contributed by atoms with E-state index in [0.29, 0.717) is 18.7 Å². The minimum absolute atomic E-state index is 0.0216. The summed E-state index contributed by atoms with van der Waals surface area (Å²) < 4.78 is 37.8. The number of para-hydroxylation sites is 2. The average Bonchev–Trinajstić information content (AvgIpc) is 3.01. The highest BCUT2D eigenvalue weighted by atomic mass is 19.4. The van der Waals surface area contributed by atoms with E-state index in [1.165, 1.54) is 4.90 Å². The van der Waals surface area contributed by atoms with E-state index in [-0.39, 0.29) is 19.0 Å². The summed E-state index contributed by atoms with van der Waals surface area (Å²) >= 11 is 0. The molecule has 9 heteroatoms. The molecule has 1 aromatic rings. The van der Waals surface area contributed by atoms with Crippen LogP contribution in [0.25, 0.3) is 0 Å². The Morgan fingerprint density at radius 3 is 2.62 bits per heavy atom. The maximum absolute atomic E-state index is 12.6. The van der Waals surface area contributed by atoms with Gasteiger partial charge in [0.05, 0.1) is 17.4 Å². The molecule has 0 spiro atoms. The molecular weight excluding hydrogens is 325 g/mol. The number of fused-ring (bicyclic) bond motifs is 1. The first-order valence-electron chi connectivity index (χ1n) is 7.56. The SMILES string of the molecule is NC(=O)N1c2ccccc2NCC1C1CCN(C(=O)C(F)(F)F)C1. The normalized spacial score (nSPS) is 23.6. The molecule has 0 aliphatic carbocycles. The summed E-state index contributed by atoms with van der Waals surface area (Å²) in [6.07, 6.45) is -4.49. The van der Waals surface area contributed by atoms with Gasteiger partial charge >= 0.3 is 18.1 Å². The number of anilines is 2. The molecule has 6 nitrogen and oxygen atoms in total. The van der Waals surface area contributed by atoms with Crippen molar-refractivity contribution in [2.24, 2.45) is 11.7 Å². The fourth-order valence-corrected chi connectivity index (χ4v) is 3.44. The number of likely N-dealkylation sites (tertiary alicyclic amines) is 1. The van der Waals surface area contributed by atoms with Crippen LogP contribution >= 0.6 is 0 Å². The number of alkyl halides is 3. The molecule has 3 rings (SSSR count). The van der Waals surface area contributed by atoms with Crippen LogP contribution in [0.4, 0.5) is 29.3 Å². The van der Waals surface area contributed by atoms with Gasteiger partial charge in [-0.1, -0.05) is 12.1 Å². The maximum Gasteiger partial charge on any atom is 0.471 e. The number of nitrogens with two attached hydrogens (primary N) is 1. The lowest BCUT2D eigenvalue weighted by molar-refractivity contribution is -0.184. The van der Waals surface area contributed by atoms with Gasteiger partial charge < -0.3 is 16.0 Å². The predicted molar refractivity (Wildman–Crippen MR) is 81.5 cm³/mol. The monoisotopic (exact) mass is 342 g/mol. The van der Waals surface area contributed by atoms with Crippen LogP contribution < -0.4 is 16.0 Å². The largest absolute Gasteiger partial charge is 0.471 e. The van der Waals surface area contributed by atoms with Crippen LogP contribution in [0.1, 0.15) is 6.42 Å². The van der Waals surface area contributed by atoms with E-state index >= 15 is 0 Å². The molecule has 3 N–H and O–H groups in total. The Morgan fingerprint density at radius 1 is 1.25 bits per heavy atom. The Balaban J connectivity index is 1.80. The van der Waals surface area contributed by atoms with Crippen LogP contribution in [0.3, 0.4) is 0 Å². The minimum atomic E-state index is -4.88. The zero-order valence-electron chi connectivity index (χ0n) is 12.7. The van der Waals surface area contributed by atoms with Crippen LogP contribution in [-0.4, -0.2) is 48.7 Å². The summed E-state index contributed by atoms with van der Waals surface area (Å²) in [4.78, 5) is 25.5. The van der Waals surface area contributed by atoms with Crippen molar-refractivity contribution in [3.8, 4) is 0 Å². The number of amides is 3. The second-order valence-corrected chi connectivity index (χ2v) is 5.97. The van der Waals surface area contributed by atoms with Crippen molar-refractivity contribution in [3.05, 3.63) is 24.3 Å². The Kier molecular flexibility index (Phi) is 4.02. The van der Waals surface area contributed by atoms with Gasteiger partial charge in [0.2, 0.25) is 0 Å². The molecule has 24 heavy (non-hydrogen) atoms. The minimum Gasteiger partial charge on any atom is -0.381 e. The van der Waals surface area contributed by atoms with E-state index in [1.54, 1.807) is 18.2 Å². The zero-order chi connectivity index (χ0) is 17.5. The van der Waals surface area contributed by atoms with Gasteiger partial charge in [-0.3, -0.25) is 9.69 Å². The van der Waals surface area contributed by atoms with Crippen molar-refractivity contribution in [3.63, 3.8) is 0 Å². The molecular formula is C15H17F3N4O2. The van der Waals surface area contributed by atoms with Gasteiger partial charge in [-0.15, -0.1) is 0 Å². The predicted octanol–water partition coefficient (Wildman–Crippen LogP) is 1.78. The fraction of sp³-hybridized carbons (Fsp3) is 0.467. The second kappa shape index (κ2) is 5.88. The molecule has 3 amide bonds. The van der Waals surface area contributed by atoms with Gasteiger partial charge in [-0.25, -0.2) is 4.79 Å². The molecule has 2 heterocycles. The van der Waals surface area contributed by atoms with E-state index in [9.17, 15) is 22.8 Å². The quantitative estimate of drug-likeness (QED) is 0.816. The van der Waals surface area contributed by atoms with Crippen molar-refractivity contribution in [1.82, 2.24) is 4.90 Å². The Hall–Kier alpha value is -2.45. The molecule has 2 atom stereocenters. The third-order valence-electron chi connectivity index (χ3n) is 4.53. The Morgan fingerprint density at radius 2 is 1.96 bits per heavy atom. The fourth-order valence-electron chi connectivity index (χ4n) is 3.44. The van der Waals surface area contributed by atoms with E-state index < -0.39 is 24.2 Å². The number of primary amides is 1. The smallest absolute Gasteiger partial charge is 0.381 e. The zero-order valence-corrected chi connectivity index (χ0v) is 12.7. The lowest BCUT2D eigenvalue weighted by atomic mass is 9.94. The van der Waals surface area contributed by atoms with Crippen LogP contribution in [0.5, 0.6) is 0 Å². The summed E-state index contributed by atoms with van der Waals surface area (Å²) in [5.74, 6) is -2.11. The molecule has 1 aromatic carbocycles. The van der Waals surface area contributed by atoms with Crippen LogP contribution in [0.15, 0.2) is 24.3 Å². The number of hydrogen-bond donors (Lipinski definition) is 2.